The molecule has 0 aliphatic heterocycles. The zero-order valence-corrected chi connectivity index (χ0v) is 29.2. The minimum atomic E-state index is 0.119. The monoisotopic (exact) mass is 643 g/mol. The Kier molecular flexibility index (Phi) is 8.05. The van der Waals surface area contributed by atoms with E-state index in [1.54, 1.807) is 0 Å². The number of nitrogens with one attached hydrogen (secondary N) is 1. The van der Waals surface area contributed by atoms with Crippen molar-refractivity contribution in [1.82, 2.24) is 0 Å². The highest BCUT2D eigenvalue weighted by Crippen LogP contribution is 2.44. The van der Waals surface area contributed by atoms with Gasteiger partial charge < -0.3 is 5.32 Å². The predicted octanol–water partition coefficient (Wildman–Crippen LogP) is 14.0. The quantitative estimate of drug-likeness (QED) is 0.178. The van der Waals surface area contributed by atoms with Crippen molar-refractivity contribution in [1.29, 1.82) is 0 Å². The molecule has 0 aliphatic rings. The molecule has 242 valence electrons. The summed E-state index contributed by atoms with van der Waals surface area (Å²) in [7, 11) is 0. The second kappa shape index (κ2) is 12.8. The molecule has 0 atom stereocenters. The average molecular weight is 644 g/mol. The smallest absolute Gasteiger partial charge is 0.0464 e. The van der Waals surface area contributed by atoms with Gasteiger partial charge in [0.1, 0.15) is 0 Å². The summed E-state index contributed by atoms with van der Waals surface area (Å²) in [6.07, 6.45) is 0. The van der Waals surface area contributed by atoms with Crippen molar-refractivity contribution in [2.24, 2.45) is 0 Å². The summed E-state index contributed by atoms with van der Waals surface area (Å²) in [6.45, 7) is 8.95. The van der Waals surface area contributed by atoms with Crippen LogP contribution < -0.4 is 5.32 Å². The van der Waals surface area contributed by atoms with Crippen LogP contribution in [-0.4, -0.2) is 0 Å². The van der Waals surface area contributed by atoms with Gasteiger partial charge in [0.15, 0.2) is 0 Å². The minimum absolute atomic E-state index is 0.119. The number of anilines is 2. The van der Waals surface area contributed by atoms with Crippen LogP contribution in [0.1, 0.15) is 31.9 Å². The van der Waals surface area contributed by atoms with Gasteiger partial charge in [-0.25, -0.2) is 0 Å². The summed E-state index contributed by atoms with van der Waals surface area (Å²) >= 11 is 0. The molecule has 0 bridgehead atoms. The van der Waals surface area contributed by atoms with Crippen molar-refractivity contribution < 1.29 is 0 Å². The van der Waals surface area contributed by atoms with E-state index in [0.29, 0.717) is 0 Å². The van der Waals surface area contributed by atoms with Gasteiger partial charge in [-0.15, -0.1) is 0 Å². The normalized spacial score (nSPS) is 11.6. The third kappa shape index (κ3) is 5.86. The van der Waals surface area contributed by atoms with Gasteiger partial charge in [0, 0.05) is 16.9 Å². The summed E-state index contributed by atoms with van der Waals surface area (Å²) in [5.41, 5.74) is 14.7. The Morgan fingerprint density at radius 1 is 0.400 bits per heavy atom. The summed E-state index contributed by atoms with van der Waals surface area (Å²) < 4.78 is 0. The van der Waals surface area contributed by atoms with E-state index in [2.05, 4.69) is 203 Å². The molecule has 0 fully saturated rings. The maximum absolute atomic E-state index is 3.74. The number of aryl methyl sites for hydroxylation is 1. The van der Waals surface area contributed by atoms with Crippen LogP contribution in [0.15, 0.2) is 170 Å². The van der Waals surface area contributed by atoms with E-state index in [1.807, 2.05) is 0 Å². The van der Waals surface area contributed by atoms with E-state index in [4.69, 9.17) is 0 Å². The van der Waals surface area contributed by atoms with Crippen LogP contribution in [-0.2, 0) is 5.41 Å². The van der Waals surface area contributed by atoms with Crippen LogP contribution >= 0.6 is 0 Å². The van der Waals surface area contributed by atoms with Gasteiger partial charge in [0.05, 0.1) is 0 Å². The first-order valence-electron chi connectivity index (χ1n) is 17.5. The Labute approximate surface area is 295 Å². The Bertz CT molecular complexity index is 2410. The molecule has 1 heteroatoms. The maximum Gasteiger partial charge on any atom is 0.0464 e. The van der Waals surface area contributed by atoms with Crippen LogP contribution in [0.2, 0.25) is 0 Å². The van der Waals surface area contributed by atoms with E-state index in [1.165, 1.54) is 77.2 Å². The van der Waals surface area contributed by atoms with Gasteiger partial charge in [0.25, 0.3) is 0 Å². The lowest BCUT2D eigenvalue weighted by atomic mass is 9.85. The second-order valence-corrected chi connectivity index (χ2v) is 14.3. The highest BCUT2D eigenvalue weighted by atomic mass is 14.9. The lowest BCUT2D eigenvalue weighted by Gasteiger charge is -2.20. The molecule has 0 heterocycles. The number of hydrogen-bond donors (Lipinski definition) is 1. The van der Waals surface area contributed by atoms with Crippen molar-refractivity contribution in [3.63, 3.8) is 0 Å². The van der Waals surface area contributed by atoms with E-state index >= 15 is 0 Å². The van der Waals surface area contributed by atoms with Crippen LogP contribution in [0.5, 0.6) is 0 Å². The summed E-state index contributed by atoms with van der Waals surface area (Å²) in [4.78, 5) is 0. The molecular weight excluding hydrogens is 603 g/mol. The summed E-state index contributed by atoms with van der Waals surface area (Å²) in [5.74, 6) is 0. The first-order chi connectivity index (χ1) is 24.3. The Morgan fingerprint density at radius 3 is 1.44 bits per heavy atom. The van der Waals surface area contributed by atoms with Crippen molar-refractivity contribution in [2.45, 2.75) is 33.1 Å². The van der Waals surface area contributed by atoms with Gasteiger partial charge in [-0.05, 0) is 108 Å². The van der Waals surface area contributed by atoms with Gasteiger partial charge in [0.2, 0.25) is 0 Å². The molecule has 8 aromatic carbocycles. The Balaban J connectivity index is 1.21. The molecule has 1 N–H and O–H groups in total. The molecule has 50 heavy (non-hydrogen) atoms. The maximum atomic E-state index is 3.74. The largest absolute Gasteiger partial charge is 0.355 e. The topological polar surface area (TPSA) is 12.0 Å². The minimum Gasteiger partial charge on any atom is -0.355 e. The van der Waals surface area contributed by atoms with Gasteiger partial charge in [-0.1, -0.05) is 166 Å². The average Bonchev–Trinajstić information content (AvgIpc) is 3.14. The molecule has 0 spiro atoms. The fourth-order valence-corrected chi connectivity index (χ4v) is 7.32. The SMILES string of the molecule is Cc1ccccc1-c1cc(-c2ccc(-c3c4ccccc4c(-c4ccccc4)c4ccccc34)cc2)ccc1Nc1ccc(C(C)(C)C)cc1. The predicted molar refractivity (Wildman–Crippen MR) is 216 cm³/mol. The standard InChI is InChI=1S/C49H41N/c1-33-14-8-9-17-40(33)45-32-37(26-31-46(45)50-39-29-27-38(28-30-39)49(2,3)4)34-22-24-36(25-23-34)48-43-20-12-10-18-41(43)47(35-15-6-5-7-16-35)42-19-11-13-21-44(42)48/h5-32,50H,1-4H3. The molecule has 0 saturated carbocycles. The van der Waals surface area contributed by atoms with Crippen molar-refractivity contribution in [2.75, 3.05) is 5.32 Å². The second-order valence-electron chi connectivity index (χ2n) is 14.3. The first kappa shape index (κ1) is 31.4. The zero-order chi connectivity index (χ0) is 34.2. The van der Waals surface area contributed by atoms with E-state index in [0.717, 1.165) is 11.4 Å². The Hall–Kier alpha value is -5.92. The molecule has 1 nitrogen and oxygen atoms in total. The fourth-order valence-electron chi connectivity index (χ4n) is 7.32. The Morgan fingerprint density at radius 2 is 0.880 bits per heavy atom. The molecule has 8 rings (SSSR count). The third-order valence-electron chi connectivity index (χ3n) is 9.99. The van der Waals surface area contributed by atoms with Crippen LogP contribution in [0.3, 0.4) is 0 Å². The first-order valence-corrected chi connectivity index (χ1v) is 17.5. The number of benzene rings is 8. The van der Waals surface area contributed by atoms with E-state index in [9.17, 15) is 0 Å². The fraction of sp³-hybridized carbons (Fsp3) is 0.102. The van der Waals surface area contributed by atoms with Gasteiger partial charge in [-0.3, -0.25) is 0 Å². The van der Waals surface area contributed by atoms with Crippen LogP contribution in [0.25, 0.3) is 66.1 Å². The molecular formula is C49H41N. The van der Waals surface area contributed by atoms with E-state index in [-0.39, 0.29) is 5.41 Å². The van der Waals surface area contributed by atoms with Crippen molar-refractivity contribution in [3.05, 3.63) is 181 Å². The highest BCUT2D eigenvalue weighted by Gasteiger charge is 2.17. The van der Waals surface area contributed by atoms with Gasteiger partial charge >= 0.3 is 0 Å². The number of hydrogen-bond acceptors (Lipinski definition) is 1. The van der Waals surface area contributed by atoms with Crippen molar-refractivity contribution in [3.8, 4) is 44.5 Å². The molecule has 8 aromatic rings. The lowest BCUT2D eigenvalue weighted by Crippen LogP contribution is -2.10. The van der Waals surface area contributed by atoms with Crippen molar-refractivity contribution >= 4 is 32.9 Å². The molecule has 0 unspecified atom stereocenters. The molecule has 0 amide bonds. The number of fused-ring (bicyclic) bond motifs is 2. The third-order valence-corrected chi connectivity index (χ3v) is 9.99. The highest BCUT2D eigenvalue weighted by molar-refractivity contribution is 6.21. The molecule has 0 radical (unpaired) electrons. The molecule has 0 aliphatic carbocycles. The van der Waals surface area contributed by atoms with E-state index < -0.39 is 0 Å². The van der Waals surface area contributed by atoms with Gasteiger partial charge in [-0.2, -0.15) is 0 Å². The summed E-state index contributed by atoms with van der Waals surface area (Å²) in [6, 6.07) is 61.9. The van der Waals surface area contributed by atoms with Crippen LogP contribution in [0.4, 0.5) is 11.4 Å². The summed E-state index contributed by atoms with van der Waals surface area (Å²) in [5, 5.41) is 8.82. The van der Waals surface area contributed by atoms with Crippen LogP contribution in [0, 0.1) is 6.92 Å². The molecule has 0 aromatic heterocycles. The number of rotatable bonds is 6. The lowest BCUT2D eigenvalue weighted by molar-refractivity contribution is 0.590. The molecule has 0 saturated heterocycles. The zero-order valence-electron chi connectivity index (χ0n) is 29.2.